The highest BCUT2D eigenvalue weighted by Gasteiger charge is 2.70. The molecule has 7 nitrogen and oxygen atoms in total. The standard InChI is InChI=1S/C35H30ClFN2O5/c1-2-16-38-31(41)23-15-14-22-25(28(23)33(38)43)18-26-32(42)39(21-11-6-10-20(36)17-21)34(44)35(26,19-8-4-3-5-9-19)29(22)24-12-7-13-27(37)30(24)40/h3-14,17,23,25-26,28-29,40H,2,15-16,18H2,1H3/t23-,25+,26-,28-,29+,35+/m0/s1. The molecular formula is C35H30ClFN2O5. The second-order valence-electron chi connectivity index (χ2n) is 12.1. The van der Waals surface area contributed by atoms with Crippen LogP contribution in [0, 0.1) is 29.5 Å². The van der Waals surface area contributed by atoms with Crippen LogP contribution in [-0.2, 0) is 24.6 Å². The van der Waals surface area contributed by atoms with Gasteiger partial charge in [0.15, 0.2) is 11.6 Å². The SMILES string of the molecule is CCCN1C(=O)[C@H]2[C@H](CC=C3[C@H]2C[C@H]2C(=O)N(c4cccc(Cl)c4)C(=O)[C@@]2(c2ccccc2)[C@H]3c2cccc(F)c2O)C1=O. The van der Waals surface area contributed by atoms with Gasteiger partial charge in [0.2, 0.25) is 23.6 Å². The fraction of sp³-hybridized carbons (Fsp3) is 0.314. The summed E-state index contributed by atoms with van der Waals surface area (Å²) in [6.45, 7) is 2.20. The number of rotatable bonds is 5. The number of hydrogen-bond donors (Lipinski definition) is 1. The summed E-state index contributed by atoms with van der Waals surface area (Å²) in [4.78, 5) is 59.4. The second-order valence-corrected chi connectivity index (χ2v) is 12.5. The molecule has 2 heterocycles. The van der Waals surface area contributed by atoms with E-state index >= 15 is 9.18 Å². The number of carbonyl (C=O) groups is 4. The minimum Gasteiger partial charge on any atom is -0.505 e. The first kappa shape index (κ1) is 28.5. The van der Waals surface area contributed by atoms with Crippen LogP contribution in [-0.4, -0.2) is 40.2 Å². The third kappa shape index (κ3) is 3.79. The van der Waals surface area contributed by atoms with Gasteiger partial charge in [0.1, 0.15) is 0 Å². The highest BCUT2D eigenvalue weighted by molar-refractivity contribution is 6.32. The van der Waals surface area contributed by atoms with Gasteiger partial charge in [0.25, 0.3) is 0 Å². The molecule has 4 aliphatic rings. The van der Waals surface area contributed by atoms with Crippen LogP contribution in [0.15, 0.2) is 84.4 Å². The van der Waals surface area contributed by atoms with Gasteiger partial charge in [0, 0.05) is 23.0 Å². The van der Waals surface area contributed by atoms with Crippen molar-refractivity contribution in [3.8, 4) is 5.75 Å². The van der Waals surface area contributed by atoms with E-state index < -0.39 is 58.4 Å². The summed E-state index contributed by atoms with van der Waals surface area (Å²) in [5, 5.41) is 11.6. The molecule has 3 aromatic rings. The minimum absolute atomic E-state index is 0.134. The van der Waals surface area contributed by atoms with Crippen LogP contribution in [0.1, 0.15) is 43.2 Å². The van der Waals surface area contributed by atoms with Crippen LogP contribution in [0.2, 0.25) is 5.02 Å². The molecule has 0 bridgehead atoms. The summed E-state index contributed by atoms with van der Waals surface area (Å²) >= 11 is 6.31. The van der Waals surface area contributed by atoms with E-state index in [1.54, 1.807) is 60.7 Å². The summed E-state index contributed by atoms with van der Waals surface area (Å²) < 4.78 is 15.1. The number of fused-ring (bicyclic) bond motifs is 4. The van der Waals surface area contributed by atoms with Crippen LogP contribution in [0.5, 0.6) is 5.75 Å². The Morgan fingerprint density at radius 1 is 0.932 bits per heavy atom. The molecule has 0 spiro atoms. The van der Waals surface area contributed by atoms with Gasteiger partial charge in [-0.15, -0.1) is 0 Å². The van der Waals surface area contributed by atoms with E-state index in [0.717, 1.165) is 11.0 Å². The summed E-state index contributed by atoms with van der Waals surface area (Å²) in [5.74, 6) is -6.80. The molecule has 3 aromatic carbocycles. The number of hydrogen-bond acceptors (Lipinski definition) is 5. The average molecular weight is 613 g/mol. The number of halogens is 2. The first-order chi connectivity index (χ1) is 21.2. The number of phenols is 1. The molecule has 0 radical (unpaired) electrons. The summed E-state index contributed by atoms with van der Waals surface area (Å²) in [6.07, 6.45) is 2.91. The van der Waals surface area contributed by atoms with Crippen LogP contribution >= 0.6 is 11.6 Å². The summed E-state index contributed by atoms with van der Waals surface area (Å²) in [6, 6.07) is 19.6. The normalized spacial score (nSPS) is 29.4. The number of benzene rings is 3. The van der Waals surface area contributed by atoms with Crippen molar-refractivity contribution in [3.63, 3.8) is 0 Å². The van der Waals surface area contributed by atoms with Crippen molar-refractivity contribution in [2.75, 3.05) is 11.4 Å². The fourth-order valence-corrected chi connectivity index (χ4v) is 8.55. The molecule has 2 aliphatic heterocycles. The molecule has 1 saturated carbocycles. The van der Waals surface area contributed by atoms with Crippen molar-refractivity contribution in [3.05, 3.63) is 106 Å². The van der Waals surface area contributed by atoms with Gasteiger partial charge < -0.3 is 5.11 Å². The molecule has 1 N–H and O–H groups in total. The van der Waals surface area contributed by atoms with Gasteiger partial charge >= 0.3 is 0 Å². The van der Waals surface area contributed by atoms with E-state index in [2.05, 4.69) is 0 Å². The molecule has 2 aliphatic carbocycles. The Bertz CT molecular complexity index is 1760. The fourth-order valence-electron chi connectivity index (χ4n) is 8.36. The van der Waals surface area contributed by atoms with Crippen molar-refractivity contribution < 1.29 is 28.7 Å². The lowest BCUT2D eigenvalue weighted by molar-refractivity contribution is -0.140. The first-order valence-electron chi connectivity index (χ1n) is 14.9. The summed E-state index contributed by atoms with van der Waals surface area (Å²) in [5.41, 5.74) is 0.0980. The third-order valence-electron chi connectivity index (χ3n) is 10.0. The highest BCUT2D eigenvalue weighted by Crippen LogP contribution is 2.65. The quantitative estimate of drug-likeness (QED) is 0.292. The van der Waals surface area contributed by atoms with Gasteiger partial charge in [-0.25, -0.2) is 9.29 Å². The van der Waals surface area contributed by atoms with Crippen LogP contribution in [0.3, 0.4) is 0 Å². The lowest BCUT2D eigenvalue weighted by Crippen LogP contribution is -2.53. The molecule has 3 fully saturated rings. The van der Waals surface area contributed by atoms with E-state index in [1.807, 2.05) is 13.0 Å². The van der Waals surface area contributed by atoms with Crippen molar-refractivity contribution in [1.82, 2.24) is 4.90 Å². The van der Waals surface area contributed by atoms with E-state index in [0.29, 0.717) is 34.8 Å². The largest absolute Gasteiger partial charge is 0.505 e. The maximum absolute atomic E-state index is 15.1. The monoisotopic (exact) mass is 612 g/mol. The maximum atomic E-state index is 15.1. The van der Waals surface area contributed by atoms with E-state index in [-0.39, 0.29) is 30.2 Å². The number of para-hydroxylation sites is 1. The van der Waals surface area contributed by atoms with Crippen molar-refractivity contribution in [2.24, 2.45) is 23.7 Å². The number of amides is 4. The predicted molar refractivity (Wildman–Crippen MR) is 161 cm³/mol. The molecule has 224 valence electrons. The van der Waals surface area contributed by atoms with E-state index in [1.165, 1.54) is 11.0 Å². The van der Waals surface area contributed by atoms with Gasteiger partial charge in [-0.2, -0.15) is 0 Å². The molecule has 0 aromatic heterocycles. The molecule has 44 heavy (non-hydrogen) atoms. The number of likely N-dealkylation sites (tertiary alicyclic amines) is 1. The zero-order chi connectivity index (χ0) is 30.9. The van der Waals surface area contributed by atoms with Crippen LogP contribution < -0.4 is 4.90 Å². The second kappa shape index (κ2) is 10.4. The van der Waals surface area contributed by atoms with Gasteiger partial charge in [-0.3, -0.25) is 24.1 Å². The van der Waals surface area contributed by atoms with Crippen LogP contribution in [0.25, 0.3) is 0 Å². The number of aromatic hydroxyl groups is 1. The van der Waals surface area contributed by atoms with E-state index in [9.17, 15) is 19.5 Å². The van der Waals surface area contributed by atoms with Crippen molar-refractivity contribution >= 4 is 40.9 Å². The minimum atomic E-state index is -1.57. The Labute approximate surface area is 258 Å². The number of anilines is 1. The third-order valence-corrected chi connectivity index (χ3v) is 10.3. The average Bonchev–Trinajstić information content (AvgIpc) is 3.40. The number of allylic oxidation sites excluding steroid dienone is 2. The number of nitrogens with zero attached hydrogens (tertiary/aromatic N) is 2. The van der Waals surface area contributed by atoms with Crippen molar-refractivity contribution in [1.29, 1.82) is 0 Å². The van der Waals surface area contributed by atoms with Crippen molar-refractivity contribution in [2.45, 2.75) is 37.5 Å². The molecular weight excluding hydrogens is 583 g/mol. The maximum Gasteiger partial charge on any atom is 0.246 e. The Kier molecular flexibility index (Phi) is 6.73. The lowest BCUT2D eigenvalue weighted by atomic mass is 9.49. The molecule has 7 rings (SSSR count). The number of carbonyl (C=O) groups excluding carboxylic acids is 4. The number of phenolic OH excluding ortho intramolecular Hbond substituents is 1. The highest BCUT2D eigenvalue weighted by atomic mass is 35.5. The van der Waals surface area contributed by atoms with Gasteiger partial charge in [0.05, 0.1) is 28.9 Å². The van der Waals surface area contributed by atoms with Crippen LogP contribution in [0.4, 0.5) is 10.1 Å². The Morgan fingerprint density at radius 2 is 1.68 bits per heavy atom. The van der Waals surface area contributed by atoms with Gasteiger partial charge in [-0.05, 0) is 55.0 Å². The zero-order valence-corrected chi connectivity index (χ0v) is 24.7. The zero-order valence-electron chi connectivity index (χ0n) is 24.0. The Morgan fingerprint density at radius 3 is 2.41 bits per heavy atom. The lowest BCUT2D eigenvalue weighted by Gasteiger charge is -2.50. The molecule has 2 saturated heterocycles. The Balaban J connectivity index is 1.51. The smallest absolute Gasteiger partial charge is 0.246 e. The van der Waals surface area contributed by atoms with Gasteiger partial charge in [-0.1, -0.05) is 78.7 Å². The number of imide groups is 2. The molecule has 4 amide bonds. The molecule has 9 heteroatoms. The first-order valence-corrected chi connectivity index (χ1v) is 15.3. The predicted octanol–water partition coefficient (Wildman–Crippen LogP) is 5.76. The molecule has 0 unspecified atom stereocenters. The van der Waals surface area contributed by atoms with E-state index in [4.69, 9.17) is 11.6 Å². The Hall–Kier alpha value is -4.30. The molecule has 6 atom stereocenters. The topological polar surface area (TPSA) is 95.0 Å². The summed E-state index contributed by atoms with van der Waals surface area (Å²) in [7, 11) is 0.